The Morgan fingerprint density at radius 2 is 1.71 bits per heavy atom. The fraction of sp³-hybridized carbons (Fsp3) is 0.269. The van der Waals surface area contributed by atoms with E-state index in [0.717, 1.165) is 18.4 Å². The molecule has 0 atom stereocenters. The Labute approximate surface area is 205 Å². The first-order valence-electron chi connectivity index (χ1n) is 11.4. The van der Waals surface area contributed by atoms with Gasteiger partial charge in [0, 0.05) is 43.0 Å². The number of methoxy groups -OCH3 is 1. The summed E-state index contributed by atoms with van der Waals surface area (Å²) in [5.41, 5.74) is 1.93. The summed E-state index contributed by atoms with van der Waals surface area (Å²) in [6.07, 6.45) is 1.61. The van der Waals surface area contributed by atoms with Crippen LogP contribution in [0.3, 0.4) is 0 Å². The lowest BCUT2D eigenvalue weighted by atomic mass is 10.1. The number of anilines is 1. The predicted octanol–water partition coefficient (Wildman–Crippen LogP) is 4.16. The van der Waals surface area contributed by atoms with Gasteiger partial charge >= 0.3 is 0 Å². The zero-order valence-corrected chi connectivity index (χ0v) is 20.3. The first-order valence-corrected chi connectivity index (χ1v) is 12.8. The van der Waals surface area contributed by atoms with Gasteiger partial charge in [0.15, 0.2) is 0 Å². The van der Waals surface area contributed by atoms with Gasteiger partial charge < -0.3 is 15.4 Å². The van der Waals surface area contributed by atoms with Crippen molar-refractivity contribution in [2.24, 2.45) is 0 Å². The first kappa shape index (κ1) is 24.7. The van der Waals surface area contributed by atoms with Gasteiger partial charge in [0.2, 0.25) is 10.0 Å². The zero-order chi connectivity index (χ0) is 24.8. The Bertz CT molecular complexity index is 1290. The van der Waals surface area contributed by atoms with Gasteiger partial charge in [-0.15, -0.1) is 0 Å². The number of ether oxygens (including phenoxy) is 1. The molecule has 1 aliphatic heterocycles. The van der Waals surface area contributed by atoms with Crippen LogP contribution in [-0.4, -0.2) is 38.8 Å². The summed E-state index contributed by atoms with van der Waals surface area (Å²) in [4.78, 5) is 13.0. The molecular formula is C26H28FN3O4S. The Morgan fingerprint density at radius 3 is 2.40 bits per heavy atom. The molecule has 0 aliphatic carbocycles. The Balaban J connectivity index is 1.58. The van der Waals surface area contributed by atoms with Crippen LogP contribution in [0.5, 0.6) is 5.75 Å². The molecule has 3 aromatic rings. The number of nitrogens with one attached hydrogen (secondary N) is 2. The van der Waals surface area contributed by atoms with E-state index in [-0.39, 0.29) is 29.4 Å². The Hall–Kier alpha value is -3.43. The number of halogens is 1. The second-order valence-corrected chi connectivity index (χ2v) is 10.3. The van der Waals surface area contributed by atoms with Gasteiger partial charge in [0.05, 0.1) is 12.0 Å². The molecule has 0 saturated carbocycles. The van der Waals surface area contributed by atoms with E-state index in [4.69, 9.17) is 4.74 Å². The second kappa shape index (κ2) is 10.9. The molecular weight excluding hydrogens is 469 g/mol. The van der Waals surface area contributed by atoms with Crippen LogP contribution in [0.25, 0.3) is 0 Å². The fourth-order valence-corrected chi connectivity index (χ4v) is 5.51. The number of nitrogens with zero attached hydrogens (tertiary/aromatic N) is 1. The number of benzene rings is 3. The van der Waals surface area contributed by atoms with E-state index in [1.165, 1.54) is 22.5 Å². The van der Waals surface area contributed by atoms with Crippen LogP contribution in [-0.2, 0) is 23.1 Å². The maximum atomic E-state index is 14.1. The van der Waals surface area contributed by atoms with Gasteiger partial charge in [-0.05, 0) is 54.8 Å². The number of hydrogen-bond donors (Lipinski definition) is 2. The van der Waals surface area contributed by atoms with Crippen LogP contribution in [0.1, 0.15) is 34.3 Å². The molecule has 0 spiro atoms. The maximum Gasteiger partial charge on any atom is 0.251 e. The fourth-order valence-electron chi connectivity index (χ4n) is 3.93. The third-order valence-electron chi connectivity index (χ3n) is 5.92. The quantitative estimate of drug-likeness (QED) is 0.464. The zero-order valence-electron chi connectivity index (χ0n) is 19.5. The lowest BCUT2D eigenvalue weighted by molar-refractivity contribution is 0.0950. The van der Waals surface area contributed by atoms with E-state index < -0.39 is 15.9 Å². The van der Waals surface area contributed by atoms with Crippen molar-refractivity contribution in [3.63, 3.8) is 0 Å². The smallest absolute Gasteiger partial charge is 0.251 e. The average molecular weight is 498 g/mol. The molecule has 7 nitrogen and oxygen atoms in total. The van der Waals surface area contributed by atoms with Gasteiger partial charge in [0.1, 0.15) is 11.6 Å². The van der Waals surface area contributed by atoms with Crippen LogP contribution in [0, 0.1) is 5.82 Å². The molecule has 1 fully saturated rings. The van der Waals surface area contributed by atoms with E-state index in [1.54, 1.807) is 43.5 Å². The maximum absolute atomic E-state index is 14.1. The summed E-state index contributed by atoms with van der Waals surface area (Å²) in [5, 5.41) is 5.90. The summed E-state index contributed by atoms with van der Waals surface area (Å²) in [6.45, 7) is 1.32. The van der Waals surface area contributed by atoms with Crippen LogP contribution in [0.15, 0.2) is 71.6 Å². The van der Waals surface area contributed by atoms with Gasteiger partial charge in [-0.2, -0.15) is 4.31 Å². The van der Waals surface area contributed by atoms with Crippen molar-refractivity contribution in [2.45, 2.75) is 30.8 Å². The molecule has 2 N–H and O–H groups in total. The molecule has 1 heterocycles. The van der Waals surface area contributed by atoms with Crippen molar-refractivity contribution in [2.75, 3.05) is 25.5 Å². The number of carbonyl (C=O) groups is 1. The van der Waals surface area contributed by atoms with E-state index in [1.807, 2.05) is 12.1 Å². The Kier molecular flexibility index (Phi) is 7.67. The van der Waals surface area contributed by atoms with Crippen LogP contribution >= 0.6 is 0 Å². The summed E-state index contributed by atoms with van der Waals surface area (Å²) in [5.74, 6) is -0.0583. The SMILES string of the molecule is COc1ccc(CNC(=O)c2cc(NCc3ccccc3F)cc(S(=O)(=O)N3CCCC3)c2)cc1. The summed E-state index contributed by atoms with van der Waals surface area (Å²) in [6, 6.07) is 18.1. The van der Waals surface area contributed by atoms with Crippen molar-refractivity contribution < 1.29 is 22.3 Å². The summed E-state index contributed by atoms with van der Waals surface area (Å²) < 4.78 is 47.1. The minimum absolute atomic E-state index is 0.0348. The molecule has 3 aromatic carbocycles. The molecule has 1 amide bonds. The molecule has 35 heavy (non-hydrogen) atoms. The van der Waals surface area contributed by atoms with E-state index in [9.17, 15) is 17.6 Å². The number of rotatable bonds is 9. The van der Waals surface area contributed by atoms with Crippen molar-refractivity contribution in [3.05, 3.63) is 89.2 Å². The van der Waals surface area contributed by atoms with Crippen LogP contribution < -0.4 is 15.4 Å². The van der Waals surface area contributed by atoms with E-state index in [0.29, 0.717) is 30.1 Å². The molecule has 0 aromatic heterocycles. The van der Waals surface area contributed by atoms with Crippen LogP contribution in [0.2, 0.25) is 0 Å². The molecule has 0 radical (unpaired) electrons. The van der Waals surface area contributed by atoms with Gasteiger partial charge in [-0.25, -0.2) is 12.8 Å². The normalized spacial score (nSPS) is 14.0. The lowest BCUT2D eigenvalue weighted by Gasteiger charge is -2.18. The topological polar surface area (TPSA) is 87.7 Å². The minimum Gasteiger partial charge on any atom is -0.497 e. The van der Waals surface area contributed by atoms with Crippen molar-refractivity contribution >= 4 is 21.6 Å². The molecule has 1 aliphatic rings. The summed E-state index contributed by atoms with van der Waals surface area (Å²) in [7, 11) is -2.18. The third-order valence-corrected chi connectivity index (χ3v) is 7.80. The van der Waals surface area contributed by atoms with E-state index in [2.05, 4.69) is 10.6 Å². The highest BCUT2D eigenvalue weighted by Gasteiger charge is 2.28. The number of amides is 1. The molecule has 9 heteroatoms. The molecule has 184 valence electrons. The first-order chi connectivity index (χ1) is 16.9. The highest BCUT2D eigenvalue weighted by molar-refractivity contribution is 7.89. The van der Waals surface area contributed by atoms with Crippen LogP contribution in [0.4, 0.5) is 10.1 Å². The number of carbonyl (C=O) groups excluding carboxylic acids is 1. The molecule has 0 unspecified atom stereocenters. The highest BCUT2D eigenvalue weighted by atomic mass is 32.2. The Morgan fingerprint density at radius 1 is 1.00 bits per heavy atom. The largest absolute Gasteiger partial charge is 0.497 e. The van der Waals surface area contributed by atoms with E-state index >= 15 is 0 Å². The monoisotopic (exact) mass is 497 g/mol. The van der Waals surface area contributed by atoms with Gasteiger partial charge in [0.25, 0.3) is 5.91 Å². The van der Waals surface area contributed by atoms with Crippen molar-refractivity contribution in [3.8, 4) is 5.75 Å². The minimum atomic E-state index is -3.76. The lowest BCUT2D eigenvalue weighted by Crippen LogP contribution is -2.29. The third kappa shape index (κ3) is 5.98. The molecule has 0 bridgehead atoms. The summed E-state index contributed by atoms with van der Waals surface area (Å²) >= 11 is 0. The predicted molar refractivity (Wildman–Crippen MR) is 132 cm³/mol. The van der Waals surface area contributed by atoms with Crippen molar-refractivity contribution in [1.29, 1.82) is 0 Å². The van der Waals surface area contributed by atoms with Crippen molar-refractivity contribution in [1.82, 2.24) is 9.62 Å². The van der Waals surface area contributed by atoms with Gasteiger partial charge in [-0.1, -0.05) is 30.3 Å². The standard InChI is InChI=1S/C26H28FN3O4S/c1-34-23-10-8-19(9-11-23)17-29-26(31)21-14-22(28-18-20-6-2-3-7-25(20)27)16-24(15-21)35(32,33)30-12-4-5-13-30/h2-3,6-11,14-16,28H,4-5,12-13,17-18H2,1H3,(H,29,31). The molecule has 1 saturated heterocycles. The highest BCUT2D eigenvalue weighted by Crippen LogP contribution is 2.26. The number of sulfonamides is 1. The molecule has 4 rings (SSSR count). The number of hydrogen-bond acceptors (Lipinski definition) is 5. The van der Waals surface area contributed by atoms with Gasteiger partial charge in [-0.3, -0.25) is 4.79 Å². The second-order valence-electron chi connectivity index (χ2n) is 8.33. The average Bonchev–Trinajstić information content (AvgIpc) is 3.43.